The van der Waals surface area contributed by atoms with E-state index in [0.29, 0.717) is 12.8 Å². The second-order valence-electron chi connectivity index (χ2n) is 11.0. The normalized spacial score (nSPS) is 23.1. The van der Waals surface area contributed by atoms with Gasteiger partial charge in [-0.25, -0.2) is 0 Å². The number of hydrogen-bond donors (Lipinski definition) is 0. The smallest absolute Gasteiger partial charge is 0.161 e. The number of carbonyl (C=O) groups excluding carboxylic acids is 2. The Hall–Kier alpha value is -2.36. The van der Waals surface area contributed by atoms with E-state index in [-0.39, 0.29) is 28.3 Å². The Morgan fingerprint density at radius 2 is 1.35 bits per heavy atom. The summed E-state index contributed by atoms with van der Waals surface area (Å²) in [6.45, 7) is 10.8. The van der Waals surface area contributed by atoms with Crippen LogP contribution in [0, 0.1) is 16.7 Å². The Balaban J connectivity index is 1.97. The maximum Gasteiger partial charge on any atom is 0.161 e. The monoisotopic (exact) mass is 421 g/mol. The van der Waals surface area contributed by atoms with Crippen molar-refractivity contribution in [1.82, 2.24) is 0 Å². The standard InChI is InChI=1S/C27H35NO3/c1-7-8-19-24-20(13-26(2,3)15-22(24)29)28(17-9-11-18(31-6)12-10-17)21-14-27(4,5)16-23(30)25(19)21/h9-12,19H,7-8,13-16H2,1-6H3. The molecule has 1 aromatic rings. The lowest BCUT2D eigenvalue weighted by molar-refractivity contribution is -0.119. The van der Waals surface area contributed by atoms with Gasteiger partial charge >= 0.3 is 0 Å². The number of hydrogen-bond acceptors (Lipinski definition) is 4. The average Bonchev–Trinajstić information content (AvgIpc) is 2.66. The van der Waals surface area contributed by atoms with Crippen molar-refractivity contribution in [2.45, 2.75) is 73.1 Å². The molecule has 4 heteroatoms. The highest BCUT2D eigenvalue weighted by atomic mass is 16.5. The molecule has 0 saturated carbocycles. The lowest BCUT2D eigenvalue weighted by Gasteiger charge is -2.49. The summed E-state index contributed by atoms with van der Waals surface area (Å²) in [5, 5.41) is 0. The van der Waals surface area contributed by atoms with Crippen LogP contribution < -0.4 is 9.64 Å². The van der Waals surface area contributed by atoms with Crippen LogP contribution in [0.2, 0.25) is 0 Å². The van der Waals surface area contributed by atoms with Crippen molar-refractivity contribution in [2.75, 3.05) is 12.0 Å². The molecule has 0 saturated heterocycles. The van der Waals surface area contributed by atoms with Crippen molar-refractivity contribution >= 4 is 17.3 Å². The van der Waals surface area contributed by atoms with Crippen molar-refractivity contribution in [3.63, 3.8) is 0 Å². The molecule has 1 aliphatic heterocycles. The number of ketones is 2. The summed E-state index contributed by atoms with van der Waals surface area (Å²) >= 11 is 0. The predicted molar refractivity (Wildman–Crippen MR) is 124 cm³/mol. The van der Waals surface area contributed by atoms with Gasteiger partial charge in [0.1, 0.15) is 5.75 Å². The number of rotatable bonds is 4. The second-order valence-corrected chi connectivity index (χ2v) is 11.0. The third-order valence-corrected chi connectivity index (χ3v) is 6.94. The van der Waals surface area contributed by atoms with E-state index in [2.05, 4.69) is 39.5 Å². The molecule has 0 unspecified atom stereocenters. The Morgan fingerprint density at radius 1 is 0.871 bits per heavy atom. The fraction of sp³-hybridized carbons (Fsp3) is 0.556. The summed E-state index contributed by atoms with van der Waals surface area (Å²) in [4.78, 5) is 29.2. The van der Waals surface area contributed by atoms with Crippen molar-refractivity contribution in [2.24, 2.45) is 16.7 Å². The number of ether oxygens (including phenoxy) is 1. The summed E-state index contributed by atoms with van der Waals surface area (Å²) in [5.74, 6) is 1.17. The molecular formula is C27H35NO3. The topological polar surface area (TPSA) is 46.6 Å². The average molecular weight is 422 g/mol. The third-order valence-electron chi connectivity index (χ3n) is 6.94. The Morgan fingerprint density at radius 3 is 1.77 bits per heavy atom. The van der Waals surface area contributed by atoms with E-state index in [4.69, 9.17) is 4.74 Å². The van der Waals surface area contributed by atoms with E-state index >= 15 is 0 Å². The number of carbonyl (C=O) groups is 2. The van der Waals surface area contributed by atoms with Crippen molar-refractivity contribution in [3.05, 3.63) is 46.8 Å². The van der Waals surface area contributed by atoms with Crippen LogP contribution in [0.3, 0.4) is 0 Å². The highest BCUT2D eigenvalue weighted by Gasteiger charge is 2.48. The minimum absolute atomic E-state index is 0.0586. The molecule has 0 amide bonds. The fourth-order valence-corrected chi connectivity index (χ4v) is 5.72. The Labute approximate surface area is 186 Å². The molecule has 0 radical (unpaired) electrons. The van der Waals surface area contributed by atoms with Gasteiger partial charge in [0.05, 0.1) is 7.11 Å². The molecule has 0 N–H and O–H groups in total. The minimum Gasteiger partial charge on any atom is -0.497 e. The summed E-state index contributed by atoms with van der Waals surface area (Å²) in [5.41, 5.74) is 4.82. The first-order valence-corrected chi connectivity index (χ1v) is 11.5. The van der Waals surface area contributed by atoms with Crippen LogP contribution in [0.5, 0.6) is 5.75 Å². The molecule has 4 rings (SSSR count). The van der Waals surface area contributed by atoms with E-state index in [1.165, 1.54) is 0 Å². The van der Waals surface area contributed by atoms with Crippen LogP contribution in [0.1, 0.15) is 73.1 Å². The van der Waals surface area contributed by atoms with Crippen molar-refractivity contribution in [1.29, 1.82) is 0 Å². The van der Waals surface area contributed by atoms with Gasteiger partial charge in [-0.3, -0.25) is 9.59 Å². The van der Waals surface area contributed by atoms with Crippen LogP contribution in [0.15, 0.2) is 46.8 Å². The Bertz CT molecular complexity index is 924. The van der Waals surface area contributed by atoms with Gasteiger partial charge in [-0.1, -0.05) is 41.0 Å². The van der Waals surface area contributed by atoms with E-state index in [1.54, 1.807) is 7.11 Å². The number of methoxy groups -OCH3 is 1. The van der Waals surface area contributed by atoms with Gasteiger partial charge in [-0.15, -0.1) is 0 Å². The zero-order valence-corrected chi connectivity index (χ0v) is 19.8. The SMILES string of the molecule is CCCC1C2=C(CC(C)(C)CC2=O)N(c2ccc(OC)cc2)C2=C1C(=O)CC(C)(C)C2. The second kappa shape index (κ2) is 7.65. The van der Waals surface area contributed by atoms with Crippen LogP contribution >= 0.6 is 0 Å². The summed E-state index contributed by atoms with van der Waals surface area (Å²) in [6.07, 6.45) is 4.58. The molecule has 31 heavy (non-hydrogen) atoms. The van der Waals surface area contributed by atoms with Crippen molar-refractivity contribution < 1.29 is 14.3 Å². The summed E-state index contributed by atoms with van der Waals surface area (Å²) in [7, 11) is 1.66. The summed E-state index contributed by atoms with van der Waals surface area (Å²) < 4.78 is 5.37. The van der Waals surface area contributed by atoms with Gasteiger partial charge in [0, 0.05) is 47.0 Å². The molecule has 0 atom stereocenters. The zero-order chi connectivity index (χ0) is 22.6. The number of benzene rings is 1. The van der Waals surface area contributed by atoms with Crippen LogP contribution in [-0.2, 0) is 9.59 Å². The number of Topliss-reactive ketones (excluding diaryl/α,β-unsaturated/α-hetero) is 2. The van der Waals surface area contributed by atoms with Crippen LogP contribution in [0.4, 0.5) is 5.69 Å². The number of nitrogens with zero attached hydrogens (tertiary/aromatic N) is 1. The van der Waals surface area contributed by atoms with E-state index in [1.807, 2.05) is 24.3 Å². The van der Waals surface area contributed by atoms with Crippen LogP contribution in [0.25, 0.3) is 0 Å². The molecule has 0 spiro atoms. The third kappa shape index (κ3) is 3.86. The first-order chi connectivity index (χ1) is 14.6. The van der Waals surface area contributed by atoms with Gasteiger partial charge in [-0.2, -0.15) is 0 Å². The quantitative estimate of drug-likeness (QED) is 0.579. The molecule has 166 valence electrons. The van der Waals surface area contributed by atoms with E-state index in [0.717, 1.165) is 59.7 Å². The molecule has 0 bridgehead atoms. The molecule has 1 heterocycles. The lowest BCUT2D eigenvalue weighted by Crippen LogP contribution is -2.45. The maximum absolute atomic E-state index is 13.5. The van der Waals surface area contributed by atoms with Crippen LogP contribution in [-0.4, -0.2) is 18.7 Å². The van der Waals surface area contributed by atoms with Gasteiger partial charge in [-0.05, 0) is 54.4 Å². The minimum atomic E-state index is -0.0936. The Kier molecular flexibility index (Phi) is 5.39. The highest BCUT2D eigenvalue weighted by molar-refractivity contribution is 6.06. The number of anilines is 1. The van der Waals surface area contributed by atoms with Gasteiger partial charge in [0.2, 0.25) is 0 Å². The summed E-state index contributed by atoms with van der Waals surface area (Å²) in [6, 6.07) is 8.01. The van der Waals surface area contributed by atoms with Gasteiger partial charge < -0.3 is 9.64 Å². The first-order valence-electron chi connectivity index (χ1n) is 11.5. The fourth-order valence-electron chi connectivity index (χ4n) is 5.72. The molecular weight excluding hydrogens is 386 g/mol. The zero-order valence-electron chi connectivity index (χ0n) is 19.8. The number of allylic oxidation sites excluding steroid dienone is 4. The van der Waals surface area contributed by atoms with E-state index < -0.39 is 0 Å². The molecule has 0 fully saturated rings. The van der Waals surface area contributed by atoms with Crippen molar-refractivity contribution in [3.8, 4) is 5.75 Å². The van der Waals surface area contributed by atoms with Gasteiger partial charge in [0.15, 0.2) is 11.6 Å². The molecule has 3 aliphatic rings. The maximum atomic E-state index is 13.5. The predicted octanol–water partition coefficient (Wildman–Crippen LogP) is 6.22. The van der Waals surface area contributed by atoms with Gasteiger partial charge in [0.25, 0.3) is 0 Å². The van der Waals surface area contributed by atoms with E-state index in [9.17, 15) is 9.59 Å². The molecule has 1 aromatic carbocycles. The first kappa shape index (κ1) is 21.9. The molecule has 4 nitrogen and oxygen atoms in total. The molecule has 0 aromatic heterocycles. The highest BCUT2D eigenvalue weighted by Crippen LogP contribution is 2.53. The largest absolute Gasteiger partial charge is 0.497 e. The lowest BCUT2D eigenvalue weighted by atomic mass is 9.64. The molecule has 2 aliphatic carbocycles.